The zero-order valence-corrected chi connectivity index (χ0v) is 11.4. The van der Waals surface area contributed by atoms with Crippen molar-refractivity contribution in [2.45, 2.75) is 33.7 Å². The molecule has 0 radical (unpaired) electrons. The number of nitrogens with zero attached hydrogens (tertiary/aromatic N) is 2. The van der Waals surface area contributed by atoms with Crippen LogP contribution in [0.15, 0.2) is 17.8 Å². The van der Waals surface area contributed by atoms with E-state index in [2.05, 4.69) is 29.1 Å². The van der Waals surface area contributed by atoms with Crippen LogP contribution in [0.4, 0.5) is 5.69 Å². The summed E-state index contributed by atoms with van der Waals surface area (Å²) in [6, 6.07) is 2.30. The highest BCUT2D eigenvalue weighted by molar-refractivity contribution is 7.09. The van der Waals surface area contributed by atoms with E-state index < -0.39 is 0 Å². The normalized spacial score (nSPS) is 12.5. The molecule has 2 heterocycles. The Morgan fingerprint density at radius 3 is 2.53 bits per heavy atom. The van der Waals surface area contributed by atoms with Crippen LogP contribution in [-0.2, 0) is 0 Å². The van der Waals surface area contributed by atoms with Gasteiger partial charge < -0.3 is 5.32 Å². The summed E-state index contributed by atoms with van der Waals surface area (Å²) in [5.41, 5.74) is 6.40. The van der Waals surface area contributed by atoms with Crippen LogP contribution in [0.25, 0.3) is 0 Å². The van der Waals surface area contributed by atoms with E-state index in [4.69, 9.17) is 0 Å². The number of hydrogen-bond acceptors (Lipinski definition) is 4. The van der Waals surface area contributed by atoms with Crippen LogP contribution < -0.4 is 5.32 Å². The van der Waals surface area contributed by atoms with Crippen molar-refractivity contribution in [3.8, 4) is 0 Å². The van der Waals surface area contributed by atoms with Crippen LogP contribution in [-0.4, -0.2) is 9.97 Å². The average Bonchev–Trinajstić information content (AvgIpc) is 2.70. The lowest BCUT2D eigenvalue weighted by Crippen LogP contribution is -2.09. The number of anilines is 1. The quantitative estimate of drug-likeness (QED) is 0.900. The number of thiazole rings is 1. The third-order valence-corrected chi connectivity index (χ3v) is 4.00. The van der Waals surface area contributed by atoms with Crippen molar-refractivity contribution in [2.75, 3.05) is 5.32 Å². The maximum Gasteiger partial charge on any atom is 0.0798 e. The van der Waals surface area contributed by atoms with E-state index in [1.165, 1.54) is 10.4 Å². The number of hydrogen-bond donors (Lipinski definition) is 1. The summed E-state index contributed by atoms with van der Waals surface area (Å²) in [6.45, 7) is 8.34. The number of nitrogens with one attached hydrogen (secondary N) is 1. The SMILES string of the molecule is Cc1ccnc(C)c1NC(C)c1scnc1C. The highest BCUT2D eigenvalue weighted by atomic mass is 32.1. The molecule has 0 spiro atoms. The molecule has 1 unspecified atom stereocenters. The number of pyridine rings is 1. The van der Waals surface area contributed by atoms with E-state index in [1.807, 2.05) is 31.6 Å². The molecule has 2 aromatic rings. The molecule has 4 heteroatoms. The first-order valence-corrected chi connectivity index (χ1v) is 6.56. The van der Waals surface area contributed by atoms with E-state index in [-0.39, 0.29) is 6.04 Å². The van der Waals surface area contributed by atoms with E-state index in [9.17, 15) is 0 Å². The largest absolute Gasteiger partial charge is 0.376 e. The van der Waals surface area contributed by atoms with Crippen LogP contribution in [0.2, 0.25) is 0 Å². The topological polar surface area (TPSA) is 37.8 Å². The summed E-state index contributed by atoms with van der Waals surface area (Å²) in [7, 11) is 0. The first-order chi connectivity index (χ1) is 8.09. The van der Waals surface area contributed by atoms with Crippen LogP contribution in [0.5, 0.6) is 0 Å². The molecule has 0 aliphatic carbocycles. The Morgan fingerprint density at radius 1 is 1.18 bits per heavy atom. The molecule has 0 amide bonds. The van der Waals surface area contributed by atoms with Gasteiger partial charge in [0.2, 0.25) is 0 Å². The number of aryl methyl sites for hydroxylation is 3. The second-order valence-electron chi connectivity index (χ2n) is 4.26. The molecule has 0 saturated carbocycles. The maximum absolute atomic E-state index is 4.32. The molecule has 0 fully saturated rings. The van der Waals surface area contributed by atoms with Crippen LogP contribution >= 0.6 is 11.3 Å². The smallest absolute Gasteiger partial charge is 0.0798 e. The van der Waals surface area contributed by atoms with Crippen molar-refractivity contribution in [2.24, 2.45) is 0 Å². The van der Waals surface area contributed by atoms with Gasteiger partial charge >= 0.3 is 0 Å². The van der Waals surface area contributed by atoms with E-state index in [0.717, 1.165) is 17.1 Å². The van der Waals surface area contributed by atoms with Crippen LogP contribution in [0.3, 0.4) is 0 Å². The lowest BCUT2D eigenvalue weighted by atomic mass is 10.1. The van der Waals surface area contributed by atoms with Crippen molar-refractivity contribution < 1.29 is 0 Å². The molecule has 0 aliphatic rings. The van der Waals surface area contributed by atoms with Gasteiger partial charge in [-0.25, -0.2) is 4.98 Å². The van der Waals surface area contributed by atoms with Gasteiger partial charge in [0.1, 0.15) is 0 Å². The Hall–Kier alpha value is -1.42. The molecule has 90 valence electrons. The van der Waals surface area contributed by atoms with Crippen molar-refractivity contribution in [1.29, 1.82) is 0 Å². The number of rotatable bonds is 3. The van der Waals surface area contributed by atoms with E-state index in [1.54, 1.807) is 11.3 Å². The molecular weight excluding hydrogens is 230 g/mol. The average molecular weight is 247 g/mol. The molecular formula is C13H17N3S. The highest BCUT2D eigenvalue weighted by Crippen LogP contribution is 2.27. The van der Waals surface area contributed by atoms with Gasteiger partial charge in [0, 0.05) is 11.1 Å². The van der Waals surface area contributed by atoms with Crippen LogP contribution in [0, 0.1) is 20.8 Å². The third kappa shape index (κ3) is 2.47. The highest BCUT2D eigenvalue weighted by Gasteiger charge is 2.13. The van der Waals surface area contributed by atoms with Gasteiger partial charge in [-0.1, -0.05) is 0 Å². The fraction of sp³-hybridized carbons (Fsp3) is 0.385. The Kier molecular flexibility index (Phi) is 3.43. The molecule has 0 aromatic carbocycles. The fourth-order valence-electron chi connectivity index (χ4n) is 1.92. The van der Waals surface area contributed by atoms with Gasteiger partial charge in [-0.05, 0) is 39.3 Å². The third-order valence-electron chi connectivity index (χ3n) is 2.89. The summed E-state index contributed by atoms with van der Waals surface area (Å²) >= 11 is 1.69. The summed E-state index contributed by atoms with van der Waals surface area (Å²) in [5.74, 6) is 0. The van der Waals surface area contributed by atoms with E-state index in [0.29, 0.717) is 0 Å². The minimum Gasteiger partial charge on any atom is -0.376 e. The van der Waals surface area contributed by atoms with Gasteiger partial charge in [-0.2, -0.15) is 0 Å². The molecule has 17 heavy (non-hydrogen) atoms. The first-order valence-electron chi connectivity index (χ1n) is 5.68. The zero-order valence-electron chi connectivity index (χ0n) is 10.6. The predicted molar refractivity (Wildman–Crippen MR) is 72.6 cm³/mol. The Balaban J connectivity index is 2.25. The second kappa shape index (κ2) is 4.84. The standard InChI is InChI=1S/C13H17N3S/c1-8-5-6-14-9(2)12(8)16-11(4)13-10(3)15-7-17-13/h5-7,11,16H,1-4H3. The summed E-state index contributed by atoms with van der Waals surface area (Å²) < 4.78 is 0. The van der Waals surface area contributed by atoms with Crippen molar-refractivity contribution in [1.82, 2.24) is 9.97 Å². The van der Waals surface area contributed by atoms with Gasteiger partial charge in [0.15, 0.2) is 0 Å². The summed E-state index contributed by atoms with van der Waals surface area (Å²) in [6.07, 6.45) is 1.85. The monoisotopic (exact) mass is 247 g/mol. The molecule has 2 rings (SSSR count). The molecule has 2 aromatic heterocycles. The molecule has 1 atom stereocenters. The van der Waals surface area contributed by atoms with Gasteiger partial charge in [0.25, 0.3) is 0 Å². The van der Waals surface area contributed by atoms with E-state index >= 15 is 0 Å². The molecule has 0 aliphatic heterocycles. The van der Waals surface area contributed by atoms with Crippen molar-refractivity contribution in [3.05, 3.63) is 39.6 Å². The van der Waals surface area contributed by atoms with Gasteiger partial charge in [-0.15, -0.1) is 11.3 Å². The molecule has 0 bridgehead atoms. The minimum atomic E-state index is 0.268. The minimum absolute atomic E-state index is 0.268. The fourth-order valence-corrected chi connectivity index (χ4v) is 2.73. The summed E-state index contributed by atoms with van der Waals surface area (Å²) in [5, 5.41) is 3.53. The maximum atomic E-state index is 4.32. The molecule has 0 saturated heterocycles. The van der Waals surface area contributed by atoms with Crippen molar-refractivity contribution in [3.63, 3.8) is 0 Å². The van der Waals surface area contributed by atoms with Crippen molar-refractivity contribution >= 4 is 17.0 Å². The lowest BCUT2D eigenvalue weighted by molar-refractivity contribution is 0.882. The predicted octanol–water partition coefficient (Wildman–Crippen LogP) is 3.64. The van der Waals surface area contributed by atoms with Gasteiger partial charge in [-0.3, -0.25) is 4.98 Å². The molecule has 1 N–H and O–H groups in total. The zero-order chi connectivity index (χ0) is 12.4. The molecule has 3 nitrogen and oxygen atoms in total. The Bertz CT molecular complexity index is 499. The number of aromatic nitrogens is 2. The Labute approximate surface area is 106 Å². The second-order valence-corrected chi connectivity index (χ2v) is 5.14. The Morgan fingerprint density at radius 2 is 1.94 bits per heavy atom. The van der Waals surface area contributed by atoms with Crippen LogP contribution in [0.1, 0.15) is 34.8 Å². The van der Waals surface area contributed by atoms with Gasteiger partial charge in [0.05, 0.1) is 28.6 Å². The lowest BCUT2D eigenvalue weighted by Gasteiger charge is -2.17. The summed E-state index contributed by atoms with van der Waals surface area (Å²) in [4.78, 5) is 9.89. The first kappa shape index (κ1) is 12.0.